The monoisotopic (exact) mass is 644 g/mol. The van der Waals surface area contributed by atoms with Crippen molar-refractivity contribution in [2.75, 3.05) is 31.6 Å². The Bertz CT molecular complexity index is 1660. The van der Waals surface area contributed by atoms with Gasteiger partial charge in [-0.25, -0.2) is 19.7 Å². The van der Waals surface area contributed by atoms with Crippen LogP contribution in [0, 0.1) is 0 Å². The molecule has 2 aliphatic rings. The number of aliphatic hydroxyl groups excluding tert-OH is 3. The maximum Gasteiger partial charge on any atom is 0.315 e. The number of urea groups is 1. The summed E-state index contributed by atoms with van der Waals surface area (Å²) in [5, 5.41) is 40.1. The van der Waals surface area contributed by atoms with E-state index in [0.29, 0.717) is 48.0 Å². The van der Waals surface area contributed by atoms with Crippen molar-refractivity contribution in [1.82, 2.24) is 35.1 Å². The molecular formula is C34H44N8O5. The molecule has 3 heterocycles. The van der Waals surface area contributed by atoms with Gasteiger partial charge in [-0.15, -0.1) is 0 Å². The summed E-state index contributed by atoms with van der Waals surface area (Å²) in [7, 11) is 0. The second kappa shape index (κ2) is 13.9. The van der Waals surface area contributed by atoms with Crippen LogP contribution in [0.3, 0.4) is 0 Å². The summed E-state index contributed by atoms with van der Waals surface area (Å²) in [4.78, 5) is 29.1. The molecule has 1 fully saturated rings. The Morgan fingerprint density at radius 2 is 1.62 bits per heavy atom. The molecule has 0 bridgehead atoms. The summed E-state index contributed by atoms with van der Waals surface area (Å²) < 4.78 is 7.32. The van der Waals surface area contributed by atoms with Gasteiger partial charge in [-0.1, -0.05) is 48.5 Å². The highest BCUT2D eigenvalue weighted by molar-refractivity contribution is 5.84. The standard InChI is InChI=1S/C34H44N8O5/c1-19(2)41(20(3)4)14-13-35-34(46)37-16-27-39-31(28-32(40-27)42(18-38-28)33-30(45)29(44)26(17-43)47-33)36-15-25-23-11-7-5-9-21(23)22-10-6-8-12-24(22)25/h5-12,18-20,25-26,29-30,33,43-45H,13-17H2,1-4H3,(H2,35,37,46)(H,36,39,40)/t26-,29-,30+,33-/m1/s1. The van der Waals surface area contributed by atoms with Crippen LogP contribution in [-0.4, -0.2) is 102 Å². The Hall–Kier alpha value is -4.14. The first-order valence-corrected chi connectivity index (χ1v) is 16.2. The molecule has 0 saturated carbocycles. The van der Waals surface area contributed by atoms with Gasteiger partial charge in [0.2, 0.25) is 0 Å². The molecule has 2 aromatic heterocycles. The number of rotatable bonds is 12. The fourth-order valence-electron chi connectivity index (χ4n) is 6.77. The minimum absolute atomic E-state index is 0.0325. The fourth-order valence-corrected chi connectivity index (χ4v) is 6.77. The van der Waals surface area contributed by atoms with Crippen molar-refractivity contribution in [2.45, 2.75) is 76.8 Å². The molecule has 13 heteroatoms. The Morgan fingerprint density at radius 1 is 0.957 bits per heavy atom. The van der Waals surface area contributed by atoms with Crippen LogP contribution >= 0.6 is 0 Å². The molecule has 47 heavy (non-hydrogen) atoms. The molecule has 4 aromatic rings. The van der Waals surface area contributed by atoms with Crippen molar-refractivity contribution < 1.29 is 24.9 Å². The average molecular weight is 645 g/mol. The van der Waals surface area contributed by atoms with Gasteiger partial charge in [0.05, 0.1) is 19.5 Å². The third-order valence-electron chi connectivity index (χ3n) is 9.08. The van der Waals surface area contributed by atoms with E-state index >= 15 is 0 Å². The summed E-state index contributed by atoms with van der Waals surface area (Å²) in [5.41, 5.74) is 5.64. The number of hydrogen-bond acceptors (Lipinski definition) is 10. The van der Waals surface area contributed by atoms with E-state index in [2.05, 4.69) is 77.8 Å². The first-order chi connectivity index (χ1) is 22.7. The fraction of sp³-hybridized carbons (Fsp3) is 0.471. The van der Waals surface area contributed by atoms with E-state index in [-0.39, 0.29) is 18.5 Å². The Morgan fingerprint density at radius 3 is 2.23 bits per heavy atom. The number of ether oxygens (including phenoxy) is 1. The Balaban J connectivity index is 1.25. The van der Waals surface area contributed by atoms with Crippen molar-refractivity contribution in [1.29, 1.82) is 0 Å². The molecule has 0 spiro atoms. The molecule has 0 unspecified atom stereocenters. The zero-order valence-corrected chi connectivity index (χ0v) is 27.2. The van der Waals surface area contributed by atoms with Crippen LogP contribution < -0.4 is 16.0 Å². The van der Waals surface area contributed by atoms with Crippen LogP contribution in [0.25, 0.3) is 22.3 Å². The first kappa shape index (κ1) is 32.8. The zero-order chi connectivity index (χ0) is 33.2. The van der Waals surface area contributed by atoms with Gasteiger partial charge in [-0.3, -0.25) is 9.47 Å². The van der Waals surface area contributed by atoms with E-state index in [0.717, 1.165) is 6.54 Å². The van der Waals surface area contributed by atoms with E-state index in [1.807, 2.05) is 24.3 Å². The lowest BCUT2D eigenvalue weighted by Gasteiger charge is -2.30. The van der Waals surface area contributed by atoms with Crippen LogP contribution in [0.5, 0.6) is 0 Å². The molecule has 13 nitrogen and oxygen atoms in total. The van der Waals surface area contributed by atoms with Crippen LogP contribution in [0.2, 0.25) is 0 Å². The van der Waals surface area contributed by atoms with E-state index in [1.165, 1.54) is 33.1 Å². The van der Waals surface area contributed by atoms with Crippen LogP contribution in [0.4, 0.5) is 10.6 Å². The number of amides is 2. The number of carbonyl (C=O) groups is 1. The highest BCUT2D eigenvalue weighted by Crippen LogP contribution is 2.44. The summed E-state index contributed by atoms with van der Waals surface area (Å²) in [5.74, 6) is 0.851. The molecule has 4 atom stereocenters. The molecule has 1 aliphatic carbocycles. The van der Waals surface area contributed by atoms with Gasteiger partial charge in [0.15, 0.2) is 29.0 Å². The van der Waals surface area contributed by atoms with Crippen molar-refractivity contribution in [3.63, 3.8) is 0 Å². The second-order valence-corrected chi connectivity index (χ2v) is 12.7. The zero-order valence-electron chi connectivity index (χ0n) is 27.2. The smallest absolute Gasteiger partial charge is 0.315 e. The first-order valence-electron chi connectivity index (χ1n) is 16.2. The average Bonchev–Trinajstić information content (AvgIpc) is 3.72. The summed E-state index contributed by atoms with van der Waals surface area (Å²) >= 11 is 0. The maximum atomic E-state index is 12.8. The Labute approximate surface area is 274 Å². The highest BCUT2D eigenvalue weighted by atomic mass is 16.6. The minimum Gasteiger partial charge on any atom is -0.394 e. The lowest BCUT2D eigenvalue weighted by atomic mass is 9.97. The van der Waals surface area contributed by atoms with Gasteiger partial charge in [-0.05, 0) is 49.9 Å². The van der Waals surface area contributed by atoms with Crippen LogP contribution in [0.1, 0.15) is 56.8 Å². The number of nitrogens with zero attached hydrogens (tertiary/aromatic N) is 5. The van der Waals surface area contributed by atoms with E-state index < -0.39 is 31.1 Å². The topological polar surface area (TPSA) is 170 Å². The molecule has 250 valence electrons. The van der Waals surface area contributed by atoms with Gasteiger partial charge in [0.1, 0.15) is 18.3 Å². The number of benzene rings is 2. The molecule has 1 saturated heterocycles. The molecule has 6 N–H and O–H groups in total. The number of fused-ring (bicyclic) bond motifs is 4. The van der Waals surface area contributed by atoms with E-state index in [1.54, 1.807) is 0 Å². The largest absolute Gasteiger partial charge is 0.394 e. The minimum atomic E-state index is -1.31. The molecule has 2 amide bonds. The number of imidazole rings is 1. The second-order valence-electron chi connectivity index (χ2n) is 12.7. The van der Waals surface area contributed by atoms with Gasteiger partial charge >= 0.3 is 6.03 Å². The molecular weight excluding hydrogens is 600 g/mol. The lowest BCUT2D eigenvalue weighted by Crippen LogP contribution is -2.44. The van der Waals surface area contributed by atoms with Crippen molar-refractivity contribution >= 4 is 23.0 Å². The number of carbonyl (C=O) groups excluding carboxylic acids is 1. The van der Waals surface area contributed by atoms with Crippen LogP contribution in [-0.2, 0) is 11.3 Å². The van der Waals surface area contributed by atoms with Crippen molar-refractivity contribution in [3.05, 3.63) is 71.8 Å². The maximum absolute atomic E-state index is 12.8. The molecule has 1 aliphatic heterocycles. The lowest BCUT2D eigenvalue weighted by molar-refractivity contribution is -0.0511. The predicted octanol–water partition coefficient (Wildman–Crippen LogP) is 2.58. The SMILES string of the molecule is CC(C)N(CCNC(=O)NCc1nc(NCC2c3ccccc3-c3ccccc32)c2ncn([C@@H]3O[C@H](CO)[C@@H](O)[C@@H]3O)c2n1)C(C)C. The predicted molar refractivity (Wildman–Crippen MR) is 178 cm³/mol. The quantitative estimate of drug-likeness (QED) is 0.135. The summed E-state index contributed by atoms with van der Waals surface area (Å²) in [6.07, 6.45) is -3.11. The van der Waals surface area contributed by atoms with Crippen molar-refractivity contribution in [3.8, 4) is 11.1 Å². The highest BCUT2D eigenvalue weighted by Gasteiger charge is 2.44. The number of nitrogens with one attached hydrogen (secondary N) is 3. The molecule has 6 rings (SSSR count). The third-order valence-corrected chi connectivity index (χ3v) is 9.08. The number of hydrogen-bond donors (Lipinski definition) is 6. The van der Waals surface area contributed by atoms with Gasteiger partial charge < -0.3 is 36.0 Å². The summed E-state index contributed by atoms with van der Waals surface area (Å²) in [6.45, 7) is 9.84. The van der Waals surface area contributed by atoms with Crippen LogP contribution in [0.15, 0.2) is 54.9 Å². The van der Waals surface area contributed by atoms with Gasteiger partial charge in [0.25, 0.3) is 0 Å². The van der Waals surface area contributed by atoms with Crippen molar-refractivity contribution in [2.24, 2.45) is 0 Å². The van der Waals surface area contributed by atoms with Gasteiger partial charge in [0, 0.05) is 37.6 Å². The van der Waals surface area contributed by atoms with E-state index in [4.69, 9.17) is 14.7 Å². The molecule has 2 aromatic carbocycles. The number of aromatic nitrogens is 4. The molecule has 0 radical (unpaired) electrons. The number of anilines is 1. The number of aliphatic hydroxyl groups is 3. The normalized spacial score (nSPS) is 20.7. The Kier molecular flexibility index (Phi) is 9.71. The summed E-state index contributed by atoms with van der Waals surface area (Å²) in [6, 6.07) is 17.1. The third kappa shape index (κ3) is 6.54. The van der Waals surface area contributed by atoms with Gasteiger partial charge in [-0.2, -0.15) is 0 Å². The van der Waals surface area contributed by atoms with E-state index in [9.17, 15) is 20.1 Å².